The lowest BCUT2D eigenvalue weighted by atomic mass is 9.93. The molecule has 0 saturated carbocycles. The van der Waals surface area contributed by atoms with Gasteiger partial charge in [-0.1, -0.05) is 6.07 Å². The lowest BCUT2D eigenvalue weighted by Gasteiger charge is -2.27. The van der Waals surface area contributed by atoms with Gasteiger partial charge in [-0.05, 0) is 44.7 Å². The first-order valence-electron chi connectivity index (χ1n) is 8.26. The summed E-state index contributed by atoms with van der Waals surface area (Å²) < 4.78 is 15.8. The molecule has 1 saturated heterocycles. The largest absolute Gasteiger partial charge is 0.496 e. The van der Waals surface area contributed by atoms with Gasteiger partial charge in [0, 0.05) is 13.1 Å². The number of carbonyl (C=O) groups excluding carboxylic acids is 2. The lowest BCUT2D eigenvalue weighted by Crippen LogP contribution is -2.34. The van der Waals surface area contributed by atoms with Crippen LogP contribution in [0.15, 0.2) is 18.2 Å². The van der Waals surface area contributed by atoms with Crippen LogP contribution < -0.4 is 15.2 Å². The molecule has 7 heteroatoms. The Bertz CT molecular complexity index is 622. The number of hydrogen-bond donors (Lipinski definition) is 1. The van der Waals surface area contributed by atoms with E-state index in [1.807, 2.05) is 13.8 Å². The maximum absolute atomic E-state index is 13.0. The Labute approximate surface area is 148 Å². The highest BCUT2D eigenvalue weighted by atomic mass is 16.6. The Morgan fingerprint density at radius 1 is 1.24 bits per heavy atom. The van der Waals surface area contributed by atoms with E-state index in [9.17, 15) is 9.59 Å². The molecule has 0 aromatic heterocycles. The third-order valence-electron chi connectivity index (χ3n) is 4.37. The van der Waals surface area contributed by atoms with E-state index in [1.54, 1.807) is 23.1 Å². The molecule has 0 radical (unpaired) electrons. The van der Waals surface area contributed by atoms with Gasteiger partial charge in [0.25, 0.3) is 5.91 Å². The number of likely N-dealkylation sites (tertiary alicyclic amines) is 1. The number of carbonyl (C=O) groups is 2. The molecule has 1 aromatic rings. The van der Waals surface area contributed by atoms with Crippen molar-refractivity contribution in [3.8, 4) is 11.5 Å². The predicted octanol–water partition coefficient (Wildman–Crippen LogP) is 2.43. The van der Waals surface area contributed by atoms with Crippen LogP contribution in [-0.4, -0.2) is 49.8 Å². The summed E-state index contributed by atoms with van der Waals surface area (Å²) in [5.74, 6) is 1.10. The summed E-state index contributed by atoms with van der Waals surface area (Å²) in [5.41, 5.74) is 4.89. The molecular formula is C18H26N2O5. The Morgan fingerprint density at radius 2 is 1.84 bits per heavy atom. The van der Waals surface area contributed by atoms with Crippen LogP contribution in [0.4, 0.5) is 4.79 Å². The molecule has 7 nitrogen and oxygen atoms in total. The van der Waals surface area contributed by atoms with Crippen LogP contribution in [0.5, 0.6) is 11.5 Å². The molecule has 1 aliphatic heterocycles. The monoisotopic (exact) mass is 350 g/mol. The first-order chi connectivity index (χ1) is 11.8. The molecule has 0 aliphatic carbocycles. The van der Waals surface area contributed by atoms with Crippen molar-refractivity contribution in [3.05, 3.63) is 23.8 Å². The Balaban J connectivity index is 2.10. The minimum atomic E-state index is -0.783. The third-order valence-corrected chi connectivity index (χ3v) is 4.37. The second-order valence-electron chi connectivity index (χ2n) is 6.83. The van der Waals surface area contributed by atoms with E-state index >= 15 is 0 Å². The number of benzene rings is 1. The maximum Gasteiger partial charge on any atom is 0.405 e. The normalized spacial score (nSPS) is 17.3. The highest BCUT2D eigenvalue weighted by molar-refractivity contribution is 5.99. The number of rotatable bonds is 6. The molecule has 2 N–H and O–H groups in total. The van der Waals surface area contributed by atoms with E-state index in [0.717, 1.165) is 6.42 Å². The zero-order valence-electron chi connectivity index (χ0n) is 15.2. The van der Waals surface area contributed by atoms with E-state index in [-0.39, 0.29) is 11.8 Å². The van der Waals surface area contributed by atoms with E-state index in [2.05, 4.69) is 0 Å². The molecule has 0 bridgehead atoms. The number of nitrogens with zero attached hydrogens (tertiary/aromatic N) is 1. The fraction of sp³-hybridized carbons (Fsp3) is 0.556. The van der Waals surface area contributed by atoms with Crippen molar-refractivity contribution >= 4 is 12.0 Å². The van der Waals surface area contributed by atoms with Crippen molar-refractivity contribution < 1.29 is 23.8 Å². The zero-order valence-corrected chi connectivity index (χ0v) is 15.2. The molecule has 138 valence electrons. The second kappa shape index (κ2) is 7.63. The van der Waals surface area contributed by atoms with Gasteiger partial charge < -0.3 is 24.8 Å². The van der Waals surface area contributed by atoms with Gasteiger partial charge in [0.15, 0.2) is 0 Å². The zero-order chi connectivity index (χ0) is 18.6. The van der Waals surface area contributed by atoms with Gasteiger partial charge in [0.2, 0.25) is 0 Å². The summed E-state index contributed by atoms with van der Waals surface area (Å²) in [4.78, 5) is 25.7. The van der Waals surface area contributed by atoms with Gasteiger partial charge in [-0.3, -0.25) is 4.79 Å². The second-order valence-corrected chi connectivity index (χ2v) is 6.83. The molecule has 1 aliphatic rings. The summed E-state index contributed by atoms with van der Waals surface area (Å²) in [6.45, 7) is 4.87. The van der Waals surface area contributed by atoms with E-state index in [4.69, 9.17) is 19.9 Å². The predicted molar refractivity (Wildman–Crippen MR) is 92.9 cm³/mol. The summed E-state index contributed by atoms with van der Waals surface area (Å²) in [6, 6.07) is 5.27. The van der Waals surface area contributed by atoms with Crippen LogP contribution >= 0.6 is 0 Å². The van der Waals surface area contributed by atoms with Crippen LogP contribution in [0.2, 0.25) is 0 Å². The van der Waals surface area contributed by atoms with E-state index in [1.165, 1.54) is 14.2 Å². The van der Waals surface area contributed by atoms with Crippen LogP contribution in [0.25, 0.3) is 0 Å². The van der Waals surface area contributed by atoms with Crippen LogP contribution in [0.3, 0.4) is 0 Å². The average Bonchev–Trinajstić information content (AvgIpc) is 2.99. The fourth-order valence-corrected chi connectivity index (χ4v) is 3.41. The van der Waals surface area contributed by atoms with Gasteiger partial charge in [-0.2, -0.15) is 0 Å². The standard InChI is InChI=1S/C18H26N2O5/c1-18(2,25-17(19)22)10-12-8-9-20(11-12)16(21)15-13(23-3)6-5-7-14(15)24-4/h5-7,12H,8-11H2,1-4H3,(H2,19,22)/t12-/m1/s1. The quantitative estimate of drug-likeness (QED) is 0.851. The average molecular weight is 350 g/mol. The molecule has 0 spiro atoms. The maximum atomic E-state index is 13.0. The minimum Gasteiger partial charge on any atom is -0.496 e. The number of primary amides is 1. The molecule has 1 atom stereocenters. The SMILES string of the molecule is COc1cccc(OC)c1C(=O)N1CC[C@H](CC(C)(C)OC(N)=O)C1. The van der Waals surface area contributed by atoms with E-state index < -0.39 is 11.7 Å². The van der Waals surface area contributed by atoms with Crippen molar-refractivity contribution in [3.63, 3.8) is 0 Å². The number of methoxy groups -OCH3 is 2. The van der Waals surface area contributed by atoms with Gasteiger partial charge in [-0.15, -0.1) is 0 Å². The van der Waals surface area contributed by atoms with Crippen LogP contribution in [-0.2, 0) is 4.74 Å². The number of ether oxygens (including phenoxy) is 3. The summed E-state index contributed by atoms with van der Waals surface area (Å²) in [6.07, 6.45) is 0.701. The van der Waals surface area contributed by atoms with Crippen LogP contribution in [0.1, 0.15) is 37.0 Å². The molecule has 2 rings (SSSR count). The fourth-order valence-electron chi connectivity index (χ4n) is 3.41. The molecule has 1 heterocycles. The smallest absolute Gasteiger partial charge is 0.405 e. The van der Waals surface area contributed by atoms with Crippen molar-refractivity contribution in [2.75, 3.05) is 27.3 Å². The molecular weight excluding hydrogens is 324 g/mol. The summed E-state index contributed by atoms with van der Waals surface area (Å²) in [7, 11) is 3.06. The first kappa shape index (κ1) is 18.9. The van der Waals surface area contributed by atoms with Crippen molar-refractivity contribution in [2.45, 2.75) is 32.3 Å². The first-order valence-corrected chi connectivity index (χ1v) is 8.26. The van der Waals surface area contributed by atoms with Gasteiger partial charge in [0.05, 0.1) is 14.2 Å². The topological polar surface area (TPSA) is 91.1 Å². The van der Waals surface area contributed by atoms with Crippen LogP contribution in [0, 0.1) is 5.92 Å². The summed E-state index contributed by atoms with van der Waals surface area (Å²) >= 11 is 0. The Morgan fingerprint density at radius 3 is 2.36 bits per heavy atom. The molecule has 25 heavy (non-hydrogen) atoms. The Hall–Kier alpha value is -2.44. The highest BCUT2D eigenvalue weighted by Gasteiger charge is 2.34. The van der Waals surface area contributed by atoms with Crippen molar-refractivity contribution in [2.24, 2.45) is 11.7 Å². The van der Waals surface area contributed by atoms with Crippen molar-refractivity contribution in [1.29, 1.82) is 0 Å². The third kappa shape index (κ3) is 4.55. The Kier molecular flexibility index (Phi) is 5.77. The minimum absolute atomic E-state index is 0.120. The van der Waals surface area contributed by atoms with Gasteiger partial charge in [0.1, 0.15) is 22.7 Å². The highest BCUT2D eigenvalue weighted by Crippen LogP contribution is 2.33. The number of amides is 2. The van der Waals surface area contributed by atoms with Gasteiger partial charge in [-0.25, -0.2) is 4.79 Å². The number of nitrogens with two attached hydrogens (primary N) is 1. The van der Waals surface area contributed by atoms with E-state index in [0.29, 0.717) is 36.6 Å². The molecule has 0 unspecified atom stereocenters. The molecule has 1 aromatic carbocycles. The molecule has 1 fully saturated rings. The lowest BCUT2D eigenvalue weighted by molar-refractivity contribution is 0.0270. The summed E-state index contributed by atoms with van der Waals surface area (Å²) in [5, 5.41) is 0. The van der Waals surface area contributed by atoms with Crippen molar-refractivity contribution in [1.82, 2.24) is 4.90 Å². The number of hydrogen-bond acceptors (Lipinski definition) is 5. The van der Waals surface area contributed by atoms with Gasteiger partial charge >= 0.3 is 6.09 Å². The molecule has 2 amide bonds.